The summed E-state index contributed by atoms with van der Waals surface area (Å²) in [6.45, 7) is 1.53. The first-order chi connectivity index (χ1) is 12.6. The minimum Gasteiger partial charge on any atom is -0.382 e. The number of rotatable bonds is 5. The maximum Gasteiger partial charge on any atom is 0.248 e. The first-order valence-electron chi connectivity index (χ1n) is 8.49. The van der Waals surface area contributed by atoms with Gasteiger partial charge in [-0.3, -0.25) is 4.79 Å². The number of carbonyl (C=O) groups excluding carboxylic acids is 1. The Hall–Kier alpha value is -2.73. The molecule has 0 unspecified atom stereocenters. The van der Waals surface area contributed by atoms with Crippen molar-refractivity contribution in [2.45, 2.75) is 18.9 Å². The van der Waals surface area contributed by atoms with Crippen LogP contribution in [0.4, 0.5) is 20.2 Å². The van der Waals surface area contributed by atoms with Crippen molar-refractivity contribution >= 4 is 23.4 Å². The lowest BCUT2D eigenvalue weighted by atomic mass is 10.1. The molecule has 2 N–H and O–H groups in total. The van der Waals surface area contributed by atoms with E-state index in [1.807, 2.05) is 12.1 Å². The third kappa shape index (κ3) is 4.89. The fraction of sp³-hybridized carbons (Fsp3) is 0.250. The van der Waals surface area contributed by atoms with Crippen LogP contribution in [0.1, 0.15) is 18.4 Å². The highest BCUT2D eigenvalue weighted by atomic mass is 19.1. The van der Waals surface area contributed by atoms with E-state index < -0.39 is 17.5 Å². The van der Waals surface area contributed by atoms with Gasteiger partial charge < -0.3 is 15.4 Å². The topological polar surface area (TPSA) is 50.4 Å². The Kier molecular flexibility index (Phi) is 5.96. The first kappa shape index (κ1) is 18.1. The van der Waals surface area contributed by atoms with Crippen LogP contribution in [0.25, 0.3) is 6.08 Å². The van der Waals surface area contributed by atoms with Crippen molar-refractivity contribution in [3.05, 3.63) is 65.7 Å². The van der Waals surface area contributed by atoms with Gasteiger partial charge in [-0.25, -0.2) is 8.78 Å². The average molecular weight is 358 g/mol. The summed E-state index contributed by atoms with van der Waals surface area (Å²) < 4.78 is 32.4. The van der Waals surface area contributed by atoms with Gasteiger partial charge in [0.05, 0.1) is 0 Å². The van der Waals surface area contributed by atoms with E-state index in [1.54, 1.807) is 12.1 Å². The van der Waals surface area contributed by atoms with Crippen molar-refractivity contribution in [3.8, 4) is 0 Å². The van der Waals surface area contributed by atoms with E-state index >= 15 is 0 Å². The SMILES string of the molecule is O=C(C=Cc1c(F)cccc1F)Nc1ccc(NC2CCOCC2)cc1. The van der Waals surface area contributed by atoms with Crippen molar-refractivity contribution in [1.29, 1.82) is 0 Å². The van der Waals surface area contributed by atoms with Gasteiger partial charge in [0, 0.05) is 42.3 Å². The summed E-state index contributed by atoms with van der Waals surface area (Å²) in [5, 5.41) is 6.09. The van der Waals surface area contributed by atoms with Crippen molar-refractivity contribution in [2.75, 3.05) is 23.8 Å². The lowest BCUT2D eigenvalue weighted by Gasteiger charge is -2.24. The number of ether oxygens (including phenoxy) is 1. The summed E-state index contributed by atoms with van der Waals surface area (Å²) in [5.74, 6) is -1.88. The van der Waals surface area contributed by atoms with Crippen LogP contribution in [0, 0.1) is 11.6 Å². The van der Waals surface area contributed by atoms with Gasteiger partial charge in [0.2, 0.25) is 5.91 Å². The van der Waals surface area contributed by atoms with E-state index in [0.717, 1.165) is 56.0 Å². The van der Waals surface area contributed by atoms with Crippen LogP contribution in [-0.2, 0) is 9.53 Å². The molecular formula is C20H20F2N2O2. The zero-order valence-corrected chi connectivity index (χ0v) is 14.2. The number of anilines is 2. The highest BCUT2D eigenvalue weighted by Gasteiger charge is 2.13. The number of benzene rings is 2. The molecule has 26 heavy (non-hydrogen) atoms. The molecule has 4 nitrogen and oxygen atoms in total. The summed E-state index contributed by atoms with van der Waals surface area (Å²) in [6.07, 6.45) is 4.17. The number of hydrogen-bond acceptors (Lipinski definition) is 3. The Balaban J connectivity index is 1.56. The number of hydrogen-bond donors (Lipinski definition) is 2. The normalized spacial score (nSPS) is 15.2. The van der Waals surface area contributed by atoms with E-state index in [2.05, 4.69) is 10.6 Å². The van der Waals surface area contributed by atoms with Crippen molar-refractivity contribution in [1.82, 2.24) is 0 Å². The second-order valence-corrected chi connectivity index (χ2v) is 6.07. The standard InChI is InChI=1S/C20H20F2N2O2/c21-18-2-1-3-19(22)17(18)8-9-20(25)24-15-6-4-14(5-7-15)23-16-10-12-26-13-11-16/h1-9,16,23H,10-13H2,(H,24,25). The summed E-state index contributed by atoms with van der Waals surface area (Å²) in [6, 6.07) is 11.3. The zero-order chi connectivity index (χ0) is 18.4. The maximum atomic E-state index is 13.5. The number of nitrogens with one attached hydrogen (secondary N) is 2. The molecule has 0 saturated carbocycles. The van der Waals surface area contributed by atoms with Crippen molar-refractivity contribution < 1.29 is 18.3 Å². The van der Waals surface area contributed by atoms with Gasteiger partial charge in [-0.05, 0) is 55.3 Å². The molecule has 1 fully saturated rings. The molecule has 1 amide bonds. The Morgan fingerprint density at radius 3 is 2.27 bits per heavy atom. The highest BCUT2D eigenvalue weighted by Crippen LogP contribution is 2.18. The summed E-state index contributed by atoms with van der Waals surface area (Å²) >= 11 is 0. The van der Waals surface area contributed by atoms with Crippen molar-refractivity contribution in [2.24, 2.45) is 0 Å². The highest BCUT2D eigenvalue weighted by molar-refractivity contribution is 6.02. The minimum atomic E-state index is -0.711. The molecule has 0 radical (unpaired) electrons. The Bertz CT molecular complexity index is 765. The predicted molar refractivity (Wildman–Crippen MR) is 97.9 cm³/mol. The molecule has 0 atom stereocenters. The third-order valence-corrected chi connectivity index (χ3v) is 4.15. The largest absolute Gasteiger partial charge is 0.382 e. The Morgan fingerprint density at radius 1 is 1.00 bits per heavy atom. The maximum absolute atomic E-state index is 13.5. The van der Waals surface area contributed by atoms with Crippen LogP contribution in [0.3, 0.4) is 0 Å². The molecule has 3 rings (SSSR count). The number of carbonyl (C=O) groups is 1. The molecule has 6 heteroatoms. The molecule has 136 valence electrons. The van der Waals surface area contributed by atoms with E-state index in [9.17, 15) is 13.6 Å². The smallest absolute Gasteiger partial charge is 0.248 e. The average Bonchev–Trinajstić information content (AvgIpc) is 2.64. The molecule has 1 aliphatic rings. The van der Waals surface area contributed by atoms with E-state index in [4.69, 9.17) is 4.74 Å². The van der Waals surface area contributed by atoms with Crippen LogP contribution in [-0.4, -0.2) is 25.2 Å². The molecule has 2 aromatic rings. The lowest BCUT2D eigenvalue weighted by Crippen LogP contribution is -2.27. The summed E-state index contributed by atoms with van der Waals surface area (Å²) in [7, 11) is 0. The number of amides is 1. The van der Waals surface area contributed by atoms with Gasteiger partial charge in [0.1, 0.15) is 11.6 Å². The minimum absolute atomic E-state index is 0.237. The molecule has 2 aromatic carbocycles. The van der Waals surface area contributed by atoms with Crippen LogP contribution < -0.4 is 10.6 Å². The van der Waals surface area contributed by atoms with Gasteiger partial charge in [0.15, 0.2) is 0 Å². The van der Waals surface area contributed by atoms with Crippen LogP contribution in [0.5, 0.6) is 0 Å². The van der Waals surface area contributed by atoms with Gasteiger partial charge in [0.25, 0.3) is 0 Å². The van der Waals surface area contributed by atoms with Crippen LogP contribution in [0.15, 0.2) is 48.5 Å². The molecule has 1 saturated heterocycles. The quantitative estimate of drug-likeness (QED) is 0.788. The first-order valence-corrected chi connectivity index (χ1v) is 8.49. The number of halogens is 2. The third-order valence-electron chi connectivity index (χ3n) is 4.15. The summed E-state index contributed by atoms with van der Waals surface area (Å²) in [4.78, 5) is 11.9. The van der Waals surface area contributed by atoms with Crippen LogP contribution >= 0.6 is 0 Å². The lowest BCUT2D eigenvalue weighted by molar-refractivity contribution is -0.111. The molecule has 0 aromatic heterocycles. The molecule has 0 aliphatic carbocycles. The fourth-order valence-corrected chi connectivity index (χ4v) is 2.74. The van der Waals surface area contributed by atoms with Gasteiger partial charge in [-0.1, -0.05) is 6.07 Å². The van der Waals surface area contributed by atoms with Gasteiger partial charge in [-0.15, -0.1) is 0 Å². The molecule has 1 heterocycles. The molecular weight excluding hydrogens is 338 g/mol. The summed E-state index contributed by atoms with van der Waals surface area (Å²) in [5.41, 5.74) is 1.34. The molecule has 1 aliphatic heterocycles. The van der Waals surface area contributed by atoms with E-state index in [-0.39, 0.29) is 5.56 Å². The molecule has 0 spiro atoms. The monoisotopic (exact) mass is 358 g/mol. The Morgan fingerprint density at radius 2 is 1.62 bits per heavy atom. The Labute approximate surface area is 150 Å². The van der Waals surface area contributed by atoms with Gasteiger partial charge >= 0.3 is 0 Å². The van der Waals surface area contributed by atoms with E-state index in [0.29, 0.717) is 11.7 Å². The van der Waals surface area contributed by atoms with Crippen molar-refractivity contribution in [3.63, 3.8) is 0 Å². The van der Waals surface area contributed by atoms with Crippen LogP contribution in [0.2, 0.25) is 0 Å². The zero-order valence-electron chi connectivity index (χ0n) is 14.2. The fourth-order valence-electron chi connectivity index (χ4n) is 2.74. The van der Waals surface area contributed by atoms with E-state index in [1.165, 1.54) is 6.07 Å². The predicted octanol–water partition coefficient (Wildman–Crippen LogP) is 4.21. The molecule has 0 bridgehead atoms. The van der Waals surface area contributed by atoms with Gasteiger partial charge in [-0.2, -0.15) is 0 Å². The second-order valence-electron chi connectivity index (χ2n) is 6.07. The second kappa shape index (κ2) is 8.58.